The molecule has 9 heteroatoms. The second-order valence-electron chi connectivity index (χ2n) is 18.4. The summed E-state index contributed by atoms with van der Waals surface area (Å²) in [5.41, 5.74) is 1.48. The Balaban J connectivity index is 0.000000316. The first-order chi connectivity index (χ1) is 22.1. The lowest BCUT2D eigenvalue weighted by Gasteiger charge is -2.71. The summed E-state index contributed by atoms with van der Waals surface area (Å²) in [7, 11) is 0. The van der Waals surface area contributed by atoms with Crippen LogP contribution in [0.3, 0.4) is 0 Å². The third-order valence-electron chi connectivity index (χ3n) is 13.8. The summed E-state index contributed by atoms with van der Waals surface area (Å²) < 4.78 is 4.98. The van der Waals surface area contributed by atoms with Gasteiger partial charge in [0.25, 0.3) is 0 Å². The van der Waals surface area contributed by atoms with Crippen LogP contribution in [0.4, 0.5) is 4.79 Å². The molecular formula is C39H64N2O7. The molecule has 3 N–H and O–H groups in total. The van der Waals surface area contributed by atoms with E-state index in [0.29, 0.717) is 36.3 Å². The van der Waals surface area contributed by atoms with Gasteiger partial charge in [-0.1, -0.05) is 54.9 Å². The van der Waals surface area contributed by atoms with Crippen LogP contribution < -0.4 is 10.6 Å². The smallest absolute Gasteiger partial charge is 0.407 e. The fourth-order valence-corrected chi connectivity index (χ4v) is 11.8. The van der Waals surface area contributed by atoms with Crippen molar-refractivity contribution in [2.45, 2.75) is 146 Å². The Labute approximate surface area is 289 Å². The number of nitrogens with one attached hydrogen (secondary N) is 2. The Hall–Kier alpha value is -2.42. The van der Waals surface area contributed by atoms with E-state index in [-0.39, 0.29) is 40.8 Å². The van der Waals surface area contributed by atoms with Crippen LogP contribution >= 0.6 is 0 Å². The summed E-state index contributed by atoms with van der Waals surface area (Å²) in [6.07, 6.45) is 9.99. The number of alkyl carbamates (subject to hydrolysis) is 1. The first-order valence-corrected chi connectivity index (χ1v) is 18.4. The quantitative estimate of drug-likeness (QED) is 0.153. The van der Waals surface area contributed by atoms with Crippen molar-refractivity contribution in [1.29, 1.82) is 0 Å². The van der Waals surface area contributed by atoms with Crippen LogP contribution in [0.25, 0.3) is 0 Å². The Morgan fingerprint density at radius 3 is 2.10 bits per heavy atom. The fourth-order valence-electron chi connectivity index (χ4n) is 11.8. The predicted octanol–water partition coefficient (Wildman–Crippen LogP) is 8.02. The van der Waals surface area contributed by atoms with Gasteiger partial charge in [0.2, 0.25) is 5.91 Å². The zero-order chi connectivity index (χ0) is 36.1. The van der Waals surface area contributed by atoms with E-state index in [0.717, 1.165) is 29.9 Å². The SMILES string of the molecule is CC(=O)NCCNC(=O)OC(C)(C)C.CC(C)C1=C2[C@H]3CC[C@@H]4[C@@]5(C)CCCC(C)(C)[C@@H]5CC[C@@]4(C)[C@]3(C)CC[C@@]2(C(=O)OO)CC1=O. The Bertz CT molecular complexity index is 1310. The van der Waals surface area contributed by atoms with E-state index in [1.54, 1.807) is 20.8 Å². The largest absolute Gasteiger partial charge is 0.444 e. The van der Waals surface area contributed by atoms with Gasteiger partial charge in [0.1, 0.15) is 11.0 Å². The van der Waals surface area contributed by atoms with Crippen molar-refractivity contribution in [2.24, 2.45) is 50.7 Å². The van der Waals surface area contributed by atoms with Crippen LogP contribution in [0.1, 0.15) is 140 Å². The normalized spacial score (nSPS) is 36.8. The molecule has 0 aromatic rings. The second kappa shape index (κ2) is 13.4. The van der Waals surface area contributed by atoms with Crippen molar-refractivity contribution < 1.29 is 34.1 Å². The van der Waals surface area contributed by atoms with Crippen LogP contribution in [0, 0.1) is 50.7 Å². The van der Waals surface area contributed by atoms with E-state index < -0.39 is 23.1 Å². The third kappa shape index (κ3) is 6.58. The van der Waals surface area contributed by atoms with E-state index in [9.17, 15) is 24.4 Å². The Kier molecular flexibility index (Phi) is 10.7. The van der Waals surface area contributed by atoms with Crippen LogP contribution in [0.15, 0.2) is 11.1 Å². The number of carbonyl (C=O) groups excluding carboxylic acids is 4. The molecule has 7 atom stereocenters. The lowest BCUT2D eigenvalue weighted by atomic mass is 9.33. The van der Waals surface area contributed by atoms with Gasteiger partial charge in [0.05, 0.1) is 0 Å². The number of hydrogen-bond acceptors (Lipinski definition) is 7. The van der Waals surface area contributed by atoms with Crippen molar-refractivity contribution in [1.82, 2.24) is 10.6 Å². The minimum Gasteiger partial charge on any atom is -0.444 e. The summed E-state index contributed by atoms with van der Waals surface area (Å²) in [6, 6.07) is 0. The molecule has 2 amide bonds. The number of ketones is 1. The minimum absolute atomic E-state index is 0.0464. The number of Topliss-reactive ketones (excluding diaryl/α,β-unsaturated/α-hetero) is 1. The van der Waals surface area contributed by atoms with Gasteiger partial charge in [-0.3, -0.25) is 9.59 Å². The van der Waals surface area contributed by atoms with Gasteiger partial charge >= 0.3 is 12.1 Å². The van der Waals surface area contributed by atoms with Crippen LogP contribution in [0.2, 0.25) is 0 Å². The topological polar surface area (TPSA) is 131 Å². The maximum absolute atomic E-state index is 13.3. The van der Waals surface area contributed by atoms with Gasteiger partial charge in [0, 0.05) is 26.4 Å². The number of carbonyl (C=O) groups is 4. The predicted molar refractivity (Wildman–Crippen MR) is 186 cm³/mol. The van der Waals surface area contributed by atoms with E-state index in [1.165, 1.54) is 45.4 Å². The fraction of sp³-hybridized carbons (Fsp3) is 0.846. The molecule has 0 saturated heterocycles. The highest BCUT2D eigenvalue weighted by Gasteiger charge is 2.70. The zero-order valence-corrected chi connectivity index (χ0v) is 31.7. The van der Waals surface area contributed by atoms with Crippen LogP contribution in [-0.2, 0) is 24.0 Å². The minimum atomic E-state index is -0.952. The number of hydrogen-bond donors (Lipinski definition) is 3. The Morgan fingerprint density at radius 2 is 1.52 bits per heavy atom. The number of amides is 2. The van der Waals surface area contributed by atoms with Crippen LogP contribution in [-0.4, -0.2) is 47.7 Å². The highest BCUT2D eigenvalue weighted by atomic mass is 17.1. The van der Waals surface area contributed by atoms with Crippen molar-refractivity contribution in [3.63, 3.8) is 0 Å². The molecule has 9 nitrogen and oxygen atoms in total. The molecule has 5 rings (SSSR count). The van der Waals surface area contributed by atoms with Crippen molar-refractivity contribution in [3.05, 3.63) is 11.1 Å². The maximum atomic E-state index is 13.3. The highest BCUT2D eigenvalue weighted by molar-refractivity contribution is 6.05. The van der Waals surface area contributed by atoms with Crippen molar-refractivity contribution >= 4 is 23.8 Å². The van der Waals surface area contributed by atoms with Gasteiger partial charge in [-0.15, -0.1) is 0 Å². The summed E-state index contributed by atoms with van der Waals surface area (Å²) in [5.74, 6) is 1.12. The van der Waals surface area contributed by atoms with Gasteiger partial charge < -0.3 is 20.3 Å². The number of ether oxygens (including phenoxy) is 1. The molecule has 5 aliphatic carbocycles. The van der Waals surface area contributed by atoms with Gasteiger partial charge in [-0.25, -0.2) is 9.59 Å². The molecule has 0 heterocycles. The maximum Gasteiger partial charge on any atom is 0.407 e. The van der Waals surface area contributed by atoms with E-state index in [1.807, 2.05) is 0 Å². The molecule has 48 heavy (non-hydrogen) atoms. The van der Waals surface area contributed by atoms with Crippen LogP contribution in [0.5, 0.6) is 0 Å². The molecule has 0 unspecified atom stereocenters. The monoisotopic (exact) mass is 672 g/mol. The molecule has 0 radical (unpaired) electrons. The van der Waals surface area contributed by atoms with Gasteiger partial charge in [-0.05, 0) is 129 Å². The zero-order valence-electron chi connectivity index (χ0n) is 31.7. The molecule has 0 bridgehead atoms. The average Bonchev–Trinajstić information content (AvgIpc) is 3.27. The summed E-state index contributed by atoms with van der Waals surface area (Å²) in [4.78, 5) is 52.3. The molecule has 4 fully saturated rings. The molecule has 4 saturated carbocycles. The average molecular weight is 673 g/mol. The molecule has 0 aromatic carbocycles. The number of rotatable bonds is 5. The lowest BCUT2D eigenvalue weighted by molar-refractivity contribution is -0.250. The summed E-state index contributed by atoms with van der Waals surface area (Å²) in [6.45, 7) is 24.4. The molecule has 0 aromatic heterocycles. The van der Waals surface area contributed by atoms with E-state index in [4.69, 9.17) is 4.74 Å². The number of allylic oxidation sites excluding steroid dienone is 1. The highest BCUT2D eigenvalue weighted by Crippen LogP contribution is 2.76. The van der Waals surface area contributed by atoms with Gasteiger partial charge in [-0.2, -0.15) is 5.26 Å². The third-order valence-corrected chi connectivity index (χ3v) is 13.8. The first kappa shape index (κ1) is 38.4. The Morgan fingerprint density at radius 1 is 0.875 bits per heavy atom. The van der Waals surface area contributed by atoms with E-state index >= 15 is 0 Å². The van der Waals surface area contributed by atoms with Gasteiger partial charge in [0.15, 0.2) is 5.78 Å². The van der Waals surface area contributed by atoms with Crippen molar-refractivity contribution in [3.8, 4) is 0 Å². The number of fused-ring (bicyclic) bond motifs is 7. The summed E-state index contributed by atoms with van der Waals surface area (Å²) >= 11 is 0. The molecular weight excluding hydrogens is 608 g/mol. The molecule has 272 valence electrons. The van der Waals surface area contributed by atoms with E-state index in [2.05, 4.69) is 64.0 Å². The molecule has 5 aliphatic rings. The lowest BCUT2D eigenvalue weighted by Crippen LogP contribution is -2.64. The second-order valence-corrected chi connectivity index (χ2v) is 18.4. The molecule has 0 spiro atoms. The standard InChI is InChI=1S/C30H46O4.C9H18N2O3/c1-18(2)23-20(31)17-30(25(32)34-33)16-15-28(6)19(24(23)30)9-10-22-27(5)13-8-12-26(3,4)21(27)11-14-29(22,28)7;1-7(12)10-5-6-11-8(13)14-9(2,3)4/h18-19,21-22,33H,8-17H2,1-7H3;5-6H2,1-4H3,(H,10,12)(H,11,13)/t19-,21+,22-,27+,28-,29-,30-;/m1./s1. The van der Waals surface area contributed by atoms with Crippen molar-refractivity contribution in [2.75, 3.05) is 13.1 Å². The first-order valence-electron chi connectivity index (χ1n) is 18.4. The molecule has 0 aliphatic heterocycles. The summed E-state index contributed by atoms with van der Waals surface area (Å²) in [5, 5.41) is 14.5.